The Bertz CT molecular complexity index is 1550. The minimum absolute atomic E-state index is 0.195. The molecule has 0 amide bonds. The zero-order valence-corrected chi connectivity index (χ0v) is 20.9. The number of hydrogen-bond donors (Lipinski definition) is 2. The maximum absolute atomic E-state index is 13.1. The number of halogens is 7. The second-order valence-corrected chi connectivity index (χ2v) is 8.72. The van der Waals surface area contributed by atoms with Crippen molar-refractivity contribution in [2.45, 2.75) is 44.8 Å². The van der Waals surface area contributed by atoms with Crippen molar-refractivity contribution in [1.29, 1.82) is 0 Å². The molecule has 214 valence electrons. The van der Waals surface area contributed by atoms with Gasteiger partial charge in [0.1, 0.15) is 12.6 Å². The van der Waals surface area contributed by atoms with E-state index in [1.165, 1.54) is 37.3 Å². The smallest absolute Gasteiger partial charge is 0.402 e. The van der Waals surface area contributed by atoms with Gasteiger partial charge in [-0.15, -0.1) is 23.4 Å². The van der Waals surface area contributed by atoms with E-state index in [1.54, 1.807) is 0 Å². The first kappa shape index (κ1) is 29.0. The van der Waals surface area contributed by atoms with Gasteiger partial charge in [0.05, 0.1) is 6.54 Å². The summed E-state index contributed by atoms with van der Waals surface area (Å²) in [5.74, 6) is -2.03. The van der Waals surface area contributed by atoms with Crippen LogP contribution in [0.3, 0.4) is 0 Å². The average molecular weight is 594 g/mol. The molecule has 0 bridgehead atoms. The normalized spacial score (nSPS) is 13.8. The lowest BCUT2D eigenvalue weighted by Crippen LogP contribution is -2.37. The highest BCUT2D eigenvalue weighted by Gasteiger charge is 2.39. The van der Waals surface area contributed by atoms with Gasteiger partial charge in [0.2, 0.25) is 0 Å². The largest absolute Gasteiger partial charge is 0.573 e. The van der Waals surface area contributed by atoms with Crippen LogP contribution in [0.25, 0.3) is 17.2 Å². The van der Waals surface area contributed by atoms with Gasteiger partial charge >= 0.3 is 18.2 Å². The predicted octanol–water partition coefficient (Wildman–Crippen LogP) is 3.26. The third kappa shape index (κ3) is 6.43. The van der Waals surface area contributed by atoms with Gasteiger partial charge in [0.25, 0.3) is 0 Å². The van der Waals surface area contributed by atoms with E-state index < -0.39 is 55.1 Å². The molecule has 0 aliphatic heterocycles. The van der Waals surface area contributed by atoms with Crippen LogP contribution in [0, 0.1) is 0 Å². The number of aliphatic hydroxyl groups excluding tert-OH is 2. The second-order valence-electron chi connectivity index (χ2n) is 8.29. The number of alkyl halides is 6. The molecule has 3 aromatic heterocycles. The molecule has 1 aromatic carbocycles. The van der Waals surface area contributed by atoms with Gasteiger partial charge in [-0.1, -0.05) is 11.6 Å². The summed E-state index contributed by atoms with van der Waals surface area (Å²) in [7, 11) is 0. The predicted molar refractivity (Wildman–Crippen MR) is 125 cm³/mol. The summed E-state index contributed by atoms with van der Waals surface area (Å²) < 4.78 is 84.0. The van der Waals surface area contributed by atoms with Gasteiger partial charge in [-0.3, -0.25) is 4.57 Å². The summed E-state index contributed by atoms with van der Waals surface area (Å²) in [6, 6.07) is 7.75. The quantitative estimate of drug-likeness (QED) is 0.298. The van der Waals surface area contributed by atoms with Gasteiger partial charge in [-0.05, 0) is 43.3 Å². The van der Waals surface area contributed by atoms with Crippen LogP contribution in [0.2, 0.25) is 5.02 Å². The van der Waals surface area contributed by atoms with Crippen molar-refractivity contribution in [3.63, 3.8) is 0 Å². The average Bonchev–Trinajstić information content (AvgIpc) is 3.40. The van der Waals surface area contributed by atoms with E-state index in [-0.39, 0.29) is 23.0 Å². The van der Waals surface area contributed by atoms with E-state index in [0.717, 1.165) is 16.9 Å². The molecule has 0 saturated carbocycles. The number of aliphatic hydroxyl groups is 2. The molecule has 0 saturated heterocycles. The van der Waals surface area contributed by atoms with Crippen molar-refractivity contribution in [3.05, 3.63) is 69.8 Å². The van der Waals surface area contributed by atoms with Gasteiger partial charge in [0, 0.05) is 16.8 Å². The fourth-order valence-electron chi connectivity index (χ4n) is 3.54. The molecule has 0 spiro atoms. The first-order chi connectivity index (χ1) is 18.6. The molecule has 3 heterocycles. The number of rotatable bonds is 8. The van der Waals surface area contributed by atoms with Crippen molar-refractivity contribution in [1.82, 2.24) is 34.1 Å². The van der Waals surface area contributed by atoms with Crippen molar-refractivity contribution in [2.24, 2.45) is 0 Å². The first-order valence-electron chi connectivity index (χ1n) is 11.2. The molecule has 2 atom stereocenters. The van der Waals surface area contributed by atoms with E-state index in [9.17, 15) is 41.4 Å². The van der Waals surface area contributed by atoms with Crippen LogP contribution < -0.4 is 10.4 Å². The van der Waals surface area contributed by atoms with Gasteiger partial charge in [-0.25, -0.2) is 19.4 Å². The number of hydrogen-bond acceptors (Lipinski definition) is 8. The molecule has 0 radical (unpaired) electrons. The van der Waals surface area contributed by atoms with E-state index in [2.05, 4.69) is 24.9 Å². The minimum Gasteiger partial charge on any atom is -0.402 e. The summed E-state index contributed by atoms with van der Waals surface area (Å²) in [6.07, 6.45) is -13.3. The zero-order chi connectivity index (χ0) is 29.4. The summed E-state index contributed by atoms with van der Waals surface area (Å²) in [4.78, 5) is 21.0. The van der Waals surface area contributed by atoms with E-state index in [0.29, 0.717) is 14.3 Å². The topological polar surface area (TPSA) is 133 Å². The highest BCUT2D eigenvalue weighted by Crippen LogP contribution is 2.29. The molecule has 0 fully saturated rings. The van der Waals surface area contributed by atoms with Gasteiger partial charge in [0.15, 0.2) is 35.1 Å². The lowest BCUT2D eigenvalue weighted by Gasteiger charge is -2.15. The summed E-state index contributed by atoms with van der Waals surface area (Å²) in [6.45, 7) is -0.522. The summed E-state index contributed by atoms with van der Waals surface area (Å²) in [5, 5.41) is 28.2. The van der Waals surface area contributed by atoms with Crippen LogP contribution >= 0.6 is 11.6 Å². The summed E-state index contributed by atoms with van der Waals surface area (Å²) in [5.41, 5.74) is -0.887. The zero-order valence-electron chi connectivity index (χ0n) is 20.1. The fourth-order valence-corrected chi connectivity index (χ4v) is 3.66. The number of benzene rings is 1. The Morgan fingerprint density at radius 2 is 1.73 bits per heavy atom. The number of pyridine rings is 1. The third-order valence-electron chi connectivity index (χ3n) is 5.28. The third-order valence-corrected chi connectivity index (χ3v) is 5.53. The maximum Gasteiger partial charge on any atom is 0.573 e. The minimum atomic E-state index is -5.08. The standard InChI is InChI=1S/C22H18ClF6N7O4/c1-11(37)17-31-16(32-36(17)19-14(3-2-8-30-19)40-22(27,28)29)10-35-20(39)34(9-15(38)21(24,25)26)18(33-35)12-4-6-13(23)7-5-12/h2-8,11,15,37-38H,9-10H2,1H3/t11-,15+/m1/s1. The van der Waals surface area contributed by atoms with Crippen molar-refractivity contribution in [3.8, 4) is 23.0 Å². The van der Waals surface area contributed by atoms with E-state index in [4.69, 9.17) is 11.6 Å². The molecule has 4 aromatic rings. The molecule has 11 nitrogen and oxygen atoms in total. The lowest BCUT2D eigenvalue weighted by atomic mass is 10.2. The van der Waals surface area contributed by atoms with Crippen LogP contribution in [0.15, 0.2) is 47.4 Å². The number of ether oxygens (including phenoxy) is 1. The van der Waals surface area contributed by atoms with E-state index in [1.807, 2.05) is 0 Å². The Kier molecular flexibility index (Phi) is 7.91. The molecule has 0 unspecified atom stereocenters. The maximum atomic E-state index is 13.1. The SMILES string of the molecule is C[C@@H](O)c1nc(Cn2nc(-c3ccc(Cl)cc3)n(C[C@H](O)C(F)(F)F)c2=O)nn1-c1ncccc1OC(F)(F)F. The Hall–Kier alpha value is -3.96. The van der Waals surface area contributed by atoms with Gasteiger partial charge in [-0.2, -0.15) is 17.9 Å². The van der Waals surface area contributed by atoms with Gasteiger partial charge < -0.3 is 14.9 Å². The molecule has 2 N–H and O–H groups in total. The Labute approximate surface area is 224 Å². The van der Waals surface area contributed by atoms with Crippen LogP contribution in [-0.2, 0) is 13.1 Å². The molecule has 4 rings (SSSR count). The molecular formula is C22H18ClF6N7O4. The van der Waals surface area contributed by atoms with Crippen LogP contribution in [0.4, 0.5) is 26.3 Å². The summed E-state index contributed by atoms with van der Waals surface area (Å²) >= 11 is 5.87. The highest BCUT2D eigenvalue weighted by molar-refractivity contribution is 6.30. The molecule has 0 aliphatic carbocycles. The highest BCUT2D eigenvalue weighted by atomic mass is 35.5. The Balaban J connectivity index is 1.78. The molecule has 40 heavy (non-hydrogen) atoms. The number of nitrogens with zero attached hydrogens (tertiary/aromatic N) is 7. The van der Waals surface area contributed by atoms with Crippen molar-refractivity contribution >= 4 is 11.6 Å². The molecule has 0 aliphatic rings. The monoisotopic (exact) mass is 593 g/mol. The molecular weight excluding hydrogens is 576 g/mol. The van der Waals surface area contributed by atoms with Crippen molar-refractivity contribution in [2.75, 3.05) is 0 Å². The second kappa shape index (κ2) is 10.9. The Morgan fingerprint density at radius 1 is 1.05 bits per heavy atom. The fraction of sp³-hybridized carbons (Fsp3) is 0.318. The van der Waals surface area contributed by atoms with Crippen LogP contribution in [0.5, 0.6) is 5.75 Å². The van der Waals surface area contributed by atoms with E-state index >= 15 is 0 Å². The van der Waals surface area contributed by atoms with Crippen molar-refractivity contribution < 1.29 is 41.3 Å². The molecule has 18 heteroatoms. The van der Waals surface area contributed by atoms with Crippen LogP contribution in [0.1, 0.15) is 24.7 Å². The van der Waals surface area contributed by atoms with Crippen LogP contribution in [-0.4, -0.2) is 63.0 Å². The Morgan fingerprint density at radius 3 is 2.33 bits per heavy atom. The lowest BCUT2D eigenvalue weighted by molar-refractivity contribution is -0.274. The first-order valence-corrected chi connectivity index (χ1v) is 11.5. The number of aromatic nitrogens is 7.